The van der Waals surface area contributed by atoms with Crippen molar-refractivity contribution in [3.8, 4) is 0 Å². The van der Waals surface area contributed by atoms with Gasteiger partial charge in [-0.2, -0.15) is 4.98 Å². The smallest absolute Gasteiger partial charge is 0.228 e. The lowest BCUT2D eigenvalue weighted by atomic mass is 10.1. The van der Waals surface area contributed by atoms with Crippen molar-refractivity contribution in [2.75, 3.05) is 80.7 Å². The lowest BCUT2D eigenvalue weighted by Crippen LogP contribution is -2.51. The second-order valence-corrected chi connectivity index (χ2v) is 10.0. The normalized spacial score (nSPS) is 21.7. The highest BCUT2D eigenvalue weighted by atomic mass is 16.2. The highest BCUT2D eigenvalue weighted by Gasteiger charge is 2.38. The number of benzene rings is 1. The number of aryl methyl sites for hydroxylation is 2. The zero-order chi connectivity index (χ0) is 24.5. The molecule has 3 saturated heterocycles. The first-order valence-electron chi connectivity index (χ1n) is 12.6. The fourth-order valence-electron chi connectivity index (χ4n) is 5.11. The van der Waals surface area contributed by atoms with Crippen molar-refractivity contribution < 1.29 is 9.59 Å². The number of aromatic nitrogens is 2. The van der Waals surface area contributed by atoms with Crippen LogP contribution in [0.1, 0.15) is 17.7 Å². The summed E-state index contributed by atoms with van der Waals surface area (Å²) >= 11 is 0. The van der Waals surface area contributed by atoms with Gasteiger partial charge in [0.1, 0.15) is 5.82 Å². The van der Waals surface area contributed by atoms with Crippen LogP contribution in [-0.2, 0) is 9.59 Å². The molecule has 3 aliphatic rings. The van der Waals surface area contributed by atoms with Gasteiger partial charge in [0.2, 0.25) is 17.8 Å². The third-order valence-corrected chi connectivity index (χ3v) is 7.35. The van der Waals surface area contributed by atoms with E-state index in [2.05, 4.69) is 27.8 Å². The second-order valence-electron chi connectivity index (χ2n) is 10.0. The first-order chi connectivity index (χ1) is 16.9. The number of anilines is 3. The van der Waals surface area contributed by atoms with E-state index >= 15 is 0 Å². The molecule has 0 spiro atoms. The van der Waals surface area contributed by atoms with Crippen LogP contribution in [0.5, 0.6) is 0 Å². The molecule has 5 rings (SSSR count). The molecule has 4 heterocycles. The van der Waals surface area contributed by atoms with Crippen molar-refractivity contribution in [3.63, 3.8) is 0 Å². The lowest BCUT2D eigenvalue weighted by molar-refractivity contribution is -0.136. The van der Waals surface area contributed by atoms with E-state index in [1.807, 2.05) is 43.0 Å². The minimum atomic E-state index is -0.283. The molecule has 0 radical (unpaired) electrons. The van der Waals surface area contributed by atoms with Gasteiger partial charge in [0.25, 0.3) is 0 Å². The van der Waals surface area contributed by atoms with E-state index in [1.165, 1.54) is 0 Å². The Morgan fingerprint density at radius 3 is 2.23 bits per heavy atom. The van der Waals surface area contributed by atoms with Gasteiger partial charge in [0.15, 0.2) is 0 Å². The predicted molar refractivity (Wildman–Crippen MR) is 137 cm³/mol. The number of nitrogens with zero attached hydrogens (tertiary/aromatic N) is 7. The molecule has 0 saturated carbocycles. The molecule has 1 unspecified atom stereocenters. The highest BCUT2D eigenvalue weighted by Crippen LogP contribution is 2.27. The zero-order valence-electron chi connectivity index (χ0n) is 21.0. The van der Waals surface area contributed by atoms with E-state index < -0.39 is 0 Å². The number of carbonyl (C=O) groups is 2. The monoisotopic (exact) mass is 477 g/mol. The van der Waals surface area contributed by atoms with Crippen LogP contribution in [0.25, 0.3) is 0 Å². The van der Waals surface area contributed by atoms with Gasteiger partial charge >= 0.3 is 0 Å². The largest absolute Gasteiger partial charge is 0.354 e. The lowest BCUT2D eigenvalue weighted by Gasteiger charge is -2.37. The average molecular weight is 478 g/mol. The van der Waals surface area contributed by atoms with Crippen LogP contribution in [-0.4, -0.2) is 97.5 Å². The molecule has 9 nitrogen and oxygen atoms in total. The minimum Gasteiger partial charge on any atom is -0.354 e. The molecule has 186 valence electrons. The standard InChI is InChI=1S/C26H35N7O2/c1-19-4-6-22(7-5-19)33-18-21(17-24(33)34)25(35)31-12-14-32(15-13-31)26-27-20(2)16-23(28-26)30-10-8-29(3)9-11-30/h4-7,16,21H,8-15,17-18H2,1-3H3. The molecule has 2 aromatic rings. The first-order valence-corrected chi connectivity index (χ1v) is 12.6. The molecule has 3 fully saturated rings. The summed E-state index contributed by atoms with van der Waals surface area (Å²) in [5.41, 5.74) is 2.98. The number of hydrogen-bond donors (Lipinski definition) is 0. The summed E-state index contributed by atoms with van der Waals surface area (Å²) < 4.78 is 0. The van der Waals surface area contributed by atoms with Crippen LogP contribution in [0.15, 0.2) is 30.3 Å². The Morgan fingerprint density at radius 1 is 0.886 bits per heavy atom. The topological polar surface area (TPSA) is 76.1 Å². The maximum absolute atomic E-state index is 13.2. The van der Waals surface area contributed by atoms with Crippen LogP contribution in [0, 0.1) is 19.8 Å². The summed E-state index contributed by atoms with van der Waals surface area (Å²) in [5.74, 6) is 1.55. The molecule has 9 heteroatoms. The SMILES string of the molecule is Cc1ccc(N2CC(C(=O)N3CCN(c4nc(C)cc(N5CCN(C)CC5)n4)CC3)CC2=O)cc1. The first kappa shape index (κ1) is 23.5. The molecule has 1 aromatic heterocycles. The molecular formula is C26H35N7O2. The number of piperazine rings is 2. The van der Waals surface area contributed by atoms with Crippen molar-refractivity contribution >= 4 is 29.3 Å². The van der Waals surface area contributed by atoms with Crippen LogP contribution in [0.3, 0.4) is 0 Å². The van der Waals surface area contributed by atoms with Crippen LogP contribution in [0.2, 0.25) is 0 Å². The summed E-state index contributed by atoms with van der Waals surface area (Å²) in [6.45, 7) is 11.1. The number of amides is 2. The van der Waals surface area contributed by atoms with Gasteiger partial charge in [-0.15, -0.1) is 0 Å². The summed E-state index contributed by atoms with van der Waals surface area (Å²) in [6, 6.07) is 9.97. The molecule has 35 heavy (non-hydrogen) atoms. The molecule has 0 aliphatic carbocycles. The fourth-order valence-corrected chi connectivity index (χ4v) is 5.11. The van der Waals surface area contributed by atoms with Gasteiger partial charge < -0.3 is 24.5 Å². The zero-order valence-corrected chi connectivity index (χ0v) is 21.0. The maximum atomic E-state index is 13.2. The molecule has 3 aliphatic heterocycles. The predicted octanol–water partition coefficient (Wildman–Crippen LogP) is 1.55. The molecule has 2 amide bonds. The van der Waals surface area contributed by atoms with Crippen LogP contribution >= 0.6 is 0 Å². The Bertz CT molecular complexity index is 1070. The van der Waals surface area contributed by atoms with Crippen molar-refractivity contribution in [1.82, 2.24) is 19.8 Å². The molecule has 0 N–H and O–H groups in total. The van der Waals surface area contributed by atoms with Gasteiger partial charge in [-0.25, -0.2) is 4.98 Å². The van der Waals surface area contributed by atoms with Crippen LogP contribution in [0.4, 0.5) is 17.5 Å². The molecule has 0 bridgehead atoms. The van der Waals surface area contributed by atoms with E-state index in [-0.39, 0.29) is 24.2 Å². The number of hydrogen-bond acceptors (Lipinski definition) is 7. The minimum absolute atomic E-state index is 0.0236. The number of carbonyl (C=O) groups excluding carboxylic acids is 2. The van der Waals surface area contributed by atoms with Crippen molar-refractivity contribution in [3.05, 3.63) is 41.6 Å². The highest BCUT2D eigenvalue weighted by molar-refractivity contribution is 6.00. The average Bonchev–Trinajstić information content (AvgIpc) is 3.25. The maximum Gasteiger partial charge on any atom is 0.228 e. The van der Waals surface area contributed by atoms with E-state index in [4.69, 9.17) is 9.97 Å². The molecule has 1 aromatic carbocycles. The van der Waals surface area contributed by atoms with E-state index in [1.54, 1.807) is 4.90 Å². The fraction of sp³-hybridized carbons (Fsp3) is 0.538. The van der Waals surface area contributed by atoms with E-state index in [9.17, 15) is 9.59 Å². The van der Waals surface area contributed by atoms with Gasteiger partial charge in [-0.05, 0) is 33.0 Å². The van der Waals surface area contributed by atoms with Gasteiger partial charge in [0.05, 0.1) is 5.92 Å². The molecule has 1 atom stereocenters. The molecular weight excluding hydrogens is 442 g/mol. The van der Waals surface area contributed by atoms with Crippen molar-refractivity contribution in [2.24, 2.45) is 5.92 Å². The summed E-state index contributed by atoms with van der Waals surface area (Å²) in [7, 11) is 2.15. The third-order valence-electron chi connectivity index (χ3n) is 7.35. The summed E-state index contributed by atoms with van der Waals surface area (Å²) in [4.78, 5) is 45.9. The second kappa shape index (κ2) is 9.81. The Balaban J connectivity index is 1.19. The van der Waals surface area contributed by atoms with Crippen molar-refractivity contribution in [1.29, 1.82) is 0 Å². The van der Waals surface area contributed by atoms with Crippen LogP contribution < -0.4 is 14.7 Å². The van der Waals surface area contributed by atoms with E-state index in [0.717, 1.165) is 54.9 Å². The van der Waals surface area contributed by atoms with Gasteiger partial charge in [-0.1, -0.05) is 17.7 Å². The number of likely N-dealkylation sites (N-methyl/N-ethyl adjacent to an activating group) is 1. The quantitative estimate of drug-likeness (QED) is 0.661. The summed E-state index contributed by atoms with van der Waals surface area (Å²) in [5, 5.41) is 0. The Labute approximate surface area is 207 Å². The van der Waals surface area contributed by atoms with E-state index in [0.29, 0.717) is 32.7 Å². The van der Waals surface area contributed by atoms with Crippen molar-refractivity contribution in [2.45, 2.75) is 20.3 Å². The Kier molecular flexibility index (Phi) is 6.60. The van der Waals surface area contributed by atoms with Gasteiger partial charge in [0, 0.05) is 82.8 Å². The third kappa shape index (κ3) is 5.10. The Morgan fingerprint density at radius 2 is 1.54 bits per heavy atom. The van der Waals surface area contributed by atoms with Gasteiger partial charge in [-0.3, -0.25) is 9.59 Å². The summed E-state index contributed by atoms with van der Waals surface area (Å²) in [6.07, 6.45) is 0.280. The number of rotatable bonds is 4. The Hall–Kier alpha value is -3.20.